The predicted octanol–water partition coefficient (Wildman–Crippen LogP) is 3.33. The van der Waals surface area contributed by atoms with Crippen LogP contribution in [0.15, 0.2) is 48.5 Å². The smallest absolute Gasteiger partial charge is 0.350 e. The van der Waals surface area contributed by atoms with E-state index in [0.717, 1.165) is 0 Å². The van der Waals surface area contributed by atoms with Crippen LogP contribution in [-0.4, -0.2) is 56.3 Å². The van der Waals surface area contributed by atoms with Crippen molar-refractivity contribution < 1.29 is 31.1 Å². The van der Waals surface area contributed by atoms with Crippen LogP contribution in [0.4, 0.5) is 13.2 Å². The Kier molecular flexibility index (Phi) is 5.94. The van der Waals surface area contributed by atoms with E-state index in [1.165, 1.54) is 4.90 Å². The summed E-state index contributed by atoms with van der Waals surface area (Å²) in [7, 11) is -4.91. The number of nitrogens with zero attached hydrogens (tertiary/aromatic N) is 1. The summed E-state index contributed by atoms with van der Waals surface area (Å²) in [5.41, 5.74) is 0.719. The Morgan fingerprint density at radius 3 is 2.44 bits per heavy atom. The Morgan fingerprint density at radius 2 is 1.85 bits per heavy atom. The van der Waals surface area contributed by atoms with Gasteiger partial charge in [-0.05, 0) is 30.4 Å². The highest BCUT2D eigenvalue weighted by Gasteiger charge is 2.62. The summed E-state index contributed by atoms with van der Waals surface area (Å²) in [4.78, 5) is 14.7. The lowest BCUT2D eigenvalue weighted by atomic mass is 9.91. The van der Waals surface area contributed by atoms with Gasteiger partial charge in [-0.3, -0.25) is 4.79 Å². The zero-order valence-electron chi connectivity index (χ0n) is 18.3. The summed E-state index contributed by atoms with van der Waals surface area (Å²) < 4.78 is 73.8. The first-order valence-corrected chi connectivity index (χ1v) is 12.8. The van der Waals surface area contributed by atoms with E-state index < -0.39 is 45.2 Å². The molecule has 1 spiro atoms. The number of amides is 1. The molecule has 0 bridgehead atoms. The SMILES string of the molecule is O=C([C@H]1CCO1)N1CC2(CC2)C(NS(=O)(=O)C(F)F)[C@@H]1Cc1cccc(-c2ccccc2)c1F. The highest BCUT2D eigenvalue weighted by Crippen LogP contribution is 2.56. The Labute approximate surface area is 196 Å². The van der Waals surface area contributed by atoms with Crippen molar-refractivity contribution in [1.29, 1.82) is 0 Å². The fraction of sp³-hybridized carbons (Fsp3) is 0.458. The Balaban J connectivity index is 1.51. The Morgan fingerprint density at radius 1 is 1.15 bits per heavy atom. The number of nitrogens with one attached hydrogen (secondary N) is 1. The second-order valence-corrected chi connectivity index (χ2v) is 11.0. The number of sulfonamides is 1. The molecule has 3 atom stereocenters. The van der Waals surface area contributed by atoms with Gasteiger partial charge in [0.15, 0.2) is 0 Å². The van der Waals surface area contributed by atoms with Crippen molar-refractivity contribution in [3.05, 3.63) is 59.9 Å². The van der Waals surface area contributed by atoms with Gasteiger partial charge in [0.2, 0.25) is 0 Å². The van der Waals surface area contributed by atoms with Crippen LogP contribution in [0.1, 0.15) is 24.8 Å². The number of carbonyl (C=O) groups is 1. The summed E-state index contributed by atoms with van der Waals surface area (Å²) in [5.74, 6) is -4.38. The maximum atomic E-state index is 15.6. The van der Waals surface area contributed by atoms with E-state index in [1.807, 2.05) is 6.07 Å². The lowest BCUT2D eigenvalue weighted by molar-refractivity contribution is -0.157. The lowest BCUT2D eigenvalue weighted by Crippen LogP contribution is -2.53. The summed E-state index contributed by atoms with van der Waals surface area (Å²) in [6, 6.07) is 12.2. The number of hydrogen-bond donors (Lipinski definition) is 1. The molecule has 2 aliphatic heterocycles. The van der Waals surface area contributed by atoms with Gasteiger partial charge < -0.3 is 9.64 Å². The monoisotopic (exact) mass is 494 g/mol. The highest BCUT2D eigenvalue weighted by atomic mass is 32.2. The largest absolute Gasteiger partial charge is 0.368 e. The first kappa shape index (κ1) is 23.3. The van der Waals surface area contributed by atoms with E-state index >= 15 is 4.39 Å². The second kappa shape index (κ2) is 8.66. The van der Waals surface area contributed by atoms with Gasteiger partial charge in [-0.1, -0.05) is 48.5 Å². The third-order valence-electron chi connectivity index (χ3n) is 7.20. The third kappa shape index (κ3) is 4.12. The van der Waals surface area contributed by atoms with Crippen molar-refractivity contribution >= 4 is 15.9 Å². The molecular formula is C24H25F3N2O4S. The number of carbonyl (C=O) groups excluding carboxylic acids is 1. The minimum Gasteiger partial charge on any atom is -0.368 e. The molecule has 1 amide bonds. The van der Waals surface area contributed by atoms with Gasteiger partial charge in [-0.15, -0.1) is 0 Å². The summed E-state index contributed by atoms with van der Waals surface area (Å²) in [6.07, 6.45) is 1.09. The van der Waals surface area contributed by atoms with Crippen LogP contribution in [0.3, 0.4) is 0 Å². The van der Waals surface area contributed by atoms with Gasteiger partial charge >= 0.3 is 5.76 Å². The first-order valence-electron chi connectivity index (χ1n) is 11.3. The van der Waals surface area contributed by atoms with Crippen LogP contribution < -0.4 is 4.72 Å². The second-order valence-electron chi connectivity index (χ2n) is 9.29. The number of halogens is 3. The highest BCUT2D eigenvalue weighted by molar-refractivity contribution is 7.89. The van der Waals surface area contributed by atoms with Crippen LogP contribution in [0.25, 0.3) is 11.1 Å². The van der Waals surface area contributed by atoms with Crippen LogP contribution in [0, 0.1) is 11.2 Å². The molecule has 10 heteroatoms. The molecule has 0 radical (unpaired) electrons. The molecule has 3 fully saturated rings. The molecule has 1 N–H and O–H groups in total. The number of benzene rings is 2. The lowest BCUT2D eigenvalue weighted by Gasteiger charge is -2.34. The normalized spacial score (nSPS) is 25.5. The molecule has 34 heavy (non-hydrogen) atoms. The fourth-order valence-electron chi connectivity index (χ4n) is 5.09. The number of hydrogen-bond acceptors (Lipinski definition) is 4. The van der Waals surface area contributed by atoms with Gasteiger partial charge in [-0.2, -0.15) is 8.78 Å². The van der Waals surface area contributed by atoms with E-state index in [1.54, 1.807) is 42.5 Å². The number of alkyl halides is 2. The van der Waals surface area contributed by atoms with Gasteiger partial charge in [0, 0.05) is 30.0 Å². The maximum Gasteiger partial charge on any atom is 0.350 e. The minimum absolute atomic E-state index is 0.0108. The topological polar surface area (TPSA) is 75.7 Å². The van der Waals surface area contributed by atoms with E-state index in [4.69, 9.17) is 4.74 Å². The minimum atomic E-state index is -4.91. The van der Waals surface area contributed by atoms with Gasteiger partial charge in [0.25, 0.3) is 15.9 Å². The van der Waals surface area contributed by atoms with Gasteiger partial charge in [-0.25, -0.2) is 17.5 Å². The third-order valence-corrected chi connectivity index (χ3v) is 8.25. The number of ether oxygens (including phenoxy) is 1. The van der Waals surface area contributed by atoms with Crippen molar-refractivity contribution in [1.82, 2.24) is 9.62 Å². The fourth-order valence-corrected chi connectivity index (χ4v) is 5.96. The Hall–Kier alpha value is -2.43. The summed E-state index contributed by atoms with van der Waals surface area (Å²) in [6.45, 7) is 0.683. The van der Waals surface area contributed by atoms with Crippen molar-refractivity contribution in [3.8, 4) is 11.1 Å². The van der Waals surface area contributed by atoms with Crippen LogP contribution in [0.2, 0.25) is 0 Å². The molecule has 2 aromatic carbocycles. The molecule has 5 rings (SSSR count). The van der Waals surface area contributed by atoms with E-state index in [2.05, 4.69) is 4.72 Å². The zero-order valence-corrected chi connectivity index (χ0v) is 19.1. The van der Waals surface area contributed by atoms with E-state index in [-0.39, 0.29) is 24.4 Å². The van der Waals surface area contributed by atoms with Crippen molar-refractivity contribution in [2.24, 2.45) is 5.41 Å². The molecule has 2 aromatic rings. The molecule has 3 aliphatic rings. The summed E-state index contributed by atoms with van der Waals surface area (Å²) >= 11 is 0. The predicted molar refractivity (Wildman–Crippen MR) is 119 cm³/mol. The van der Waals surface area contributed by atoms with Crippen molar-refractivity contribution in [2.75, 3.05) is 13.2 Å². The molecule has 1 unspecified atom stereocenters. The standard InChI is InChI=1S/C24H25F3N2O4S/c25-20-16(7-4-8-17(20)15-5-2-1-3-6-15)13-18-21(28-34(31,32)23(26)27)24(10-11-24)14-29(18)22(30)19-9-12-33-19/h1-8,18-19,21,23,28H,9-14H2/t18-,19+,21?/m0/s1. The first-order chi connectivity index (χ1) is 16.2. The average molecular weight is 495 g/mol. The molecule has 0 aromatic heterocycles. The number of rotatable bonds is 7. The molecule has 1 aliphatic carbocycles. The Bertz CT molecular complexity index is 1180. The molecule has 2 heterocycles. The van der Waals surface area contributed by atoms with Gasteiger partial charge in [0.1, 0.15) is 11.9 Å². The molecule has 1 saturated carbocycles. The van der Waals surface area contributed by atoms with E-state index in [9.17, 15) is 22.0 Å². The van der Waals surface area contributed by atoms with Gasteiger partial charge in [0.05, 0.1) is 12.6 Å². The van der Waals surface area contributed by atoms with Crippen molar-refractivity contribution in [2.45, 2.75) is 49.6 Å². The molecule has 182 valence electrons. The van der Waals surface area contributed by atoms with E-state index in [0.29, 0.717) is 37.0 Å². The summed E-state index contributed by atoms with van der Waals surface area (Å²) in [5, 5.41) is 0. The maximum absolute atomic E-state index is 15.6. The quantitative estimate of drug-likeness (QED) is 0.641. The van der Waals surface area contributed by atoms with Crippen LogP contribution in [-0.2, 0) is 26.0 Å². The average Bonchev–Trinajstić information content (AvgIpc) is 3.49. The van der Waals surface area contributed by atoms with Crippen LogP contribution >= 0.6 is 0 Å². The molecule has 2 saturated heterocycles. The molecular weight excluding hydrogens is 469 g/mol. The molecule has 6 nitrogen and oxygen atoms in total. The van der Waals surface area contributed by atoms with Crippen molar-refractivity contribution in [3.63, 3.8) is 0 Å². The van der Waals surface area contributed by atoms with Crippen LogP contribution in [0.5, 0.6) is 0 Å². The zero-order chi connectivity index (χ0) is 24.1. The number of likely N-dealkylation sites (tertiary alicyclic amines) is 1.